The molecule has 1 aliphatic carbocycles. The standard InChI is InChI=1S/C18H24N2O/c1-14-4-3-5-15(10-14)12-20(2)13-18-16(8-9-21-18)11-19-17-6-7-17/h3-5,8-10,17,19H,6-7,11-13H2,1-2H3. The normalized spacial score (nSPS) is 14.8. The lowest BCUT2D eigenvalue weighted by atomic mass is 10.1. The fraction of sp³-hybridized carbons (Fsp3) is 0.444. The number of furan rings is 1. The van der Waals surface area contributed by atoms with Crippen LogP contribution < -0.4 is 5.32 Å². The third kappa shape index (κ3) is 4.19. The predicted octanol–water partition coefficient (Wildman–Crippen LogP) is 3.47. The van der Waals surface area contributed by atoms with Crippen LogP contribution in [0, 0.1) is 6.92 Å². The fourth-order valence-corrected chi connectivity index (χ4v) is 2.63. The Morgan fingerprint density at radius 1 is 1.24 bits per heavy atom. The summed E-state index contributed by atoms with van der Waals surface area (Å²) in [5, 5.41) is 3.55. The monoisotopic (exact) mass is 284 g/mol. The molecular formula is C18H24N2O. The van der Waals surface area contributed by atoms with Crippen LogP contribution in [-0.2, 0) is 19.6 Å². The largest absolute Gasteiger partial charge is 0.468 e. The first-order chi connectivity index (χ1) is 10.2. The zero-order chi connectivity index (χ0) is 14.7. The molecule has 21 heavy (non-hydrogen) atoms. The van der Waals surface area contributed by atoms with Crippen LogP contribution in [0.2, 0.25) is 0 Å². The van der Waals surface area contributed by atoms with Gasteiger partial charge in [0, 0.05) is 24.7 Å². The second kappa shape index (κ2) is 6.46. The summed E-state index contributed by atoms with van der Waals surface area (Å²) in [6.07, 6.45) is 4.45. The van der Waals surface area contributed by atoms with Crippen LogP contribution in [0.5, 0.6) is 0 Å². The van der Waals surface area contributed by atoms with Crippen molar-refractivity contribution in [2.45, 2.75) is 45.4 Å². The van der Waals surface area contributed by atoms with Crippen molar-refractivity contribution in [2.75, 3.05) is 7.05 Å². The quantitative estimate of drug-likeness (QED) is 0.844. The van der Waals surface area contributed by atoms with Crippen LogP contribution in [0.4, 0.5) is 0 Å². The molecule has 2 aromatic rings. The van der Waals surface area contributed by atoms with E-state index in [0.717, 1.165) is 31.4 Å². The van der Waals surface area contributed by atoms with E-state index in [1.54, 1.807) is 6.26 Å². The minimum absolute atomic E-state index is 0.734. The number of rotatable bonds is 7. The average molecular weight is 284 g/mol. The van der Waals surface area contributed by atoms with Gasteiger partial charge in [-0.2, -0.15) is 0 Å². The molecule has 1 aromatic heterocycles. The molecule has 0 amide bonds. The Bertz CT molecular complexity index is 586. The van der Waals surface area contributed by atoms with E-state index in [9.17, 15) is 0 Å². The number of aryl methyl sites for hydroxylation is 1. The van der Waals surface area contributed by atoms with Gasteiger partial charge in [0.1, 0.15) is 5.76 Å². The molecule has 0 saturated heterocycles. The molecular weight excluding hydrogens is 260 g/mol. The molecule has 1 fully saturated rings. The van der Waals surface area contributed by atoms with Crippen LogP contribution >= 0.6 is 0 Å². The van der Waals surface area contributed by atoms with Gasteiger partial charge in [0.2, 0.25) is 0 Å². The van der Waals surface area contributed by atoms with Crippen LogP contribution in [0.25, 0.3) is 0 Å². The van der Waals surface area contributed by atoms with E-state index in [-0.39, 0.29) is 0 Å². The molecule has 1 aliphatic rings. The maximum atomic E-state index is 5.67. The lowest BCUT2D eigenvalue weighted by Crippen LogP contribution is -2.20. The Labute approximate surface area is 127 Å². The second-order valence-electron chi connectivity index (χ2n) is 6.19. The first kappa shape index (κ1) is 14.4. The van der Waals surface area contributed by atoms with Gasteiger partial charge in [-0.3, -0.25) is 4.90 Å². The molecule has 0 unspecified atom stereocenters. The Morgan fingerprint density at radius 2 is 2.10 bits per heavy atom. The third-order valence-corrected chi connectivity index (χ3v) is 3.94. The topological polar surface area (TPSA) is 28.4 Å². The van der Waals surface area contributed by atoms with E-state index >= 15 is 0 Å². The second-order valence-corrected chi connectivity index (χ2v) is 6.19. The molecule has 1 N–H and O–H groups in total. The maximum Gasteiger partial charge on any atom is 0.122 e. The predicted molar refractivity (Wildman–Crippen MR) is 84.9 cm³/mol. The highest BCUT2D eigenvalue weighted by atomic mass is 16.3. The molecule has 0 bridgehead atoms. The first-order valence-electron chi connectivity index (χ1n) is 7.73. The lowest BCUT2D eigenvalue weighted by molar-refractivity contribution is 0.285. The molecule has 3 heteroatoms. The van der Waals surface area contributed by atoms with E-state index in [1.165, 1.54) is 29.5 Å². The van der Waals surface area contributed by atoms with Gasteiger partial charge in [0.05, 0.1) is 12.8 Å². The third-order valence-electron chi connectivity index (χ3n) is 3.94. The SMILES string of the molecule is Cc1cccc(CN(C)Cc2occc2CNC2CC2)c1. The zero-order valence-corrected chi connectivity index (χ0v) is 12.9. The van der Waals surface area contributed by atoms with Crippen LogP contribution in [-0.4, -0.2) is 18.0 Å². The van der Waals surface area contributed by atoms with E-state index in [2.05, 4.69) is 54.5 Å². The summed E-state index contributed by atoms with van der Waals surface area (Å²) < 4.78 is 5.67. The number of nitrogens with one attached hydrogen (secondary N) is 1. The van der Waals surface area contributed by atoms with Gasteiger partial charge in [-0.1, -0.05) is 29.8 Å². The van der Waals surface area contributed by atoms with Gasteiger partial charge in [-0.05, 0) is 38.4 Å². The zero-order valence-electron chi connectivity index (χ0n) is 12.9. The summed E-state index contributed by atoms with van der Waals surface area (Å²) in [4.78, 5) is 2.30. The molecule has 1 aromatic carbocycles. The fourth-order valence-electron chi connectivity index (χ4n) is 2.63. The first-order valence-corrected chi connectivity index (χ1v) is 7.73. The van der Waals surface area contributed by atoms with Crippen molar-refractivity contribution < 1.29 is 4.42 Å². The van der Waals surface area contributed by atoms with Crippen molar-refractivity contribution in [2.24, 2.45) is 0 Å². The molecule has 3 rings (SSSR count). The van der Waals surface area contributed by atoms with Crippen molar-refractivity contribution in [3.63, 3.8) is 0 Å². The molecule has 0 aliphatic heterocycles. The summed E-state index contributed by atoms with van der Waals surface area (Å²) in [6.45, 7) is 4.85. The van der Waals surface area contributed by atoms with Crippen LogP contribution in [0.15, 0.2) is 41.0 Å². The van der Waals surface area contributed by atoms with Crippen LogP contribution in [0.3, 0.4) is 0 Å². The van der Waals surface area contributed by atoms with Crippen molar-refractivity contribution in [1.29, 1.82) is 0 Å². The van der Waals surface area contributed by atoms with Gasteiger partial charge in [0.15, 0.2) is 0 Å². The van der Waals surface area contributed by atoms with Crippen molar-refractivity contribution >= 4 is 0 Å². The maximum absolute atomic E-state index is 5.67. The molecule has 3 nitrogen and oxygen atoms in total. The number of benzene rings is 1. The Balaban J connectivity index is 1.56. The van der Waals surface area contributed by atoms with Gasteiger partial charge in [0.25, 0.3) is 0 Å². The van der Waals surface area contributed by atoms with Crippen molar-refractivity contribution in [1.82, 2.24) is 10.2 Å². The lowest BCUT2D eigenvalue weighted by Gasteiger charge is -2.16. The molecule has 0 atom stereocenters. The molecule has 0 spiro atoms. The summed E-state index contributed by atoms with van der Waals surface area (Å²) in [6, 6.07) is 11.5. The van der Waals surface area contributed by atoms with Gasteiger partial charge >= 0.3 is 0 Å². The minimum Gasteiger partial charge on any atom is -0.468 e. The average Bonchev–Trinajstić information content (AvgIpc) is 3.17. The summed E-state index contributed by atoms with van der Waals surface area (Å²) in [5.74, 6) is 1.08. The van der Waals surface area contributed by atoms with E-state index in [0.29, 0.717) is 0 Å². The van der Waals surface area contributed by atoms with Gasteiger partial charge < -0.3 is 9.73 Å². The van der Waals surface area contributed by atoms with Crippen molar-refractivity contribution in [3.05, 3.63) is 59.0 Å². The minimum atomic E-state index is 0.734. The number of hydrogen-bond donors (Lipinski definition) is 1. The Morgan fingerprint density at radius 3 is 2.86 bits per heavy atom. The molecule has 112 valence electrons. The molecule has 1 saturated carbocycles. The summed E-state index contributed by atoms with van der Waals surface area (Å²) in [5.41, 5.74) is 3.95. The van der Waals surface area contributed by atoms with E-state index < -0.39 is 0 Å². The highest BCUT2D eigenvalue weighted by molar-refractivity contribution is 5.22. The molecule has 0 radical (unpaired) electrons. The summed E-state index contributed by atoms with van der Waals surface area (Å²) in [7, 11) is 2.14. The summed E-state index contributed by atoms with van der Waals surface area (Å²) >= 11 is 0. The van der Waals surface area contributed by atoms with Crippen LogP contribution in [0.1, 0.15) is 35.3 Å². The van der Waals surface area contributed by atoms with E-state index in [1.807, 2.05) is 0 Å². The van der Waals surface area contributed by atoms with Gasteiger partial charge in [-0.25, -0.2) is 0 Å². The van der Waals surface area contributed by atoms with E-state index in [4.69, 9.17) is 4.42 Å². The number of hydrogen-bond acceptors (Lipinski definition) is 3. The smallest absolute Gasteiger partial charge is 0.122 e. The highest BCUT2D eigenvalue weighted by Gasteiger charge is 2.21. The number of nitrogens with zero attached hydrogens (tertiary/aromatic N) is 1. The Hall–Kier alpha value is -1.58. The van der Waals surface area contributed by atoms with Gasteiger partial charge in [-0.15, -0.1) is 0 Å². The van der Waals surface area contributed by atoms with Crippen molar-refractivity contribution in [3.8, 4) is 0 Å². The Kier molecular flexibility index (Phi) is 4.42. The highest BCUT2D eigenvalue weighted by Crippen LogP contribution is 2.21. The molecule has 1 heterocycles.